The second-order valence-electron chi connectivity index (χ2n) is 29.0. The molecule has 8 aliphatic rings. The summed E-state index contributed by atoms with van der Waals surface area (Å²) in [5, 5.41) is 0. The lowest BCUT2D eigenvalue weighted by Crippen LogP contribution is -2.69. The summed E-state index contributed by atoms with van der Waals surface area (Å²) in [6.45, 7) is 25.9. The standard InChI is InChI=1S/C66H120N2O4/c1-11-13-15-17-19-21-43-69-53-35-31-51(32-36-53)67(49-27-23-47(3)24-28-49)59-45-61(71-65(5,6)7)57-42-40-56-60(46-62(72-66(8,9)10)58-41-39-55(59)63(57)64(56)58)68(50-29-25-48(4)26-30-50)52-33-37-54(38-34-52)70-44-22-20-18-16-14-12-2/h47-64H,11-46H2,1-10H3. The van der Waals surface area contributed by atoms with Gasteiger partial charge in [-0.15, -0.1) is 0 Å². The van der Waals surface area contributed by atoms with Crippen molar-refractivity contribution in [3.8, 4) is 0 Å². The third-order valence-corrected chi connectivity index (χ3v) is 21.4. The van der Waals surface area contributed by atoms with E-state index >= 15 is 0 Å². The highest BCUT2D eigenvalue weighted by atomic mass is 16.5. The molecule has 0 aromatic carbocycles. The number of unbranched alkanes of at least 4 members (excludes halogenated alkanes) is 10. The molecule has 0 amide bonds. The Labute approximate surface area is 446 Å². The molecule has 8 saturated carbocycles. The van der Waals surface area contributed by atoms with Gasteiger partial charge < -0.3 is 18.9 Å². The van der Waals surface area contributed by atoms with Crippen LogP contribution in [-0.4, -0.2) is 94.9 Å². The second kappa shape index (κ2) is 27.6. The van der Waals surface area contributed by atoms with Gasteiger partial charge in [-0.05, 0) is 243 Å². The molecule has 0 aromatic heterocycles. The first-order valence-electron chi connectivity index (χ1n) is 32.8. The van der Waals surface area contributed by atoms with Crippen molar-refractivity contribution in [2.45, 2.75) is 359 Å². The SMILES string of the molecule is CCCCCCCCOC1CCC(N(C2CCC(C)CC2)C2CC(OC(C)(C)C)C3CCC4C5C(CCC2C35)C(OC(C)(C)C)CC4N(C2CCC(C)CC2)C2CCC(OCCCCCCCC)CC2)CC1. The van der Waals surface area contributed by atoms with E-state index in [1.54, 1.807) is 0 Å². The minimum Gasteiger partial charge on any atom is -0.378 e. The molecule has 6 heteroatoms. The van der Waals surface area contributed by atoms with Crippen LogP contribution in [0.15, 0.2) is 0 Å². The molecule has 8 rings (SSSR count). The lowest BCUT2D eigenvalue weighted by molar-refractivity contribution is -0.233. The van der Waals surface area contributed by atoms with E-state index in [9.17, 15) is 0 Å². The van der Waals surface area contributed by atoms with Crippen LogP contribution in [-0.2, 0) is 18.9 Å². The first-order valence-corrected chi connectivity index (χ1v) is 32.8. The molecule has 0 heterocycles. The number of hydrogen-bond acceptors (Lipinski definition) is 6. The van der Waals surface area contributed by atoms with E-state index in [1.165, 1.54) is 218 Å². The molecule has 0 aromatic rings. The summed E-state index contributed by atoms with van der Waals surface area (Å²) < 4.78 is 28.6. The zero-order chi connectivity index (χ0) is 50.8. The van der Waals surface area contributed by atoms with Crippen molar-refractivity contribution in [3.63, 3.8) is 0 Å². The van der Waals surface area contributed by atoms with Crippen LogP contribution in [0.3, 0.4) is 0 Å². The molecule has 72 heavy (non-hydrogen) atoms. The van der Waals surface area contributed by atoms with Crippen molar-refractivity contribution >= 4 is 0 Å². The highest BCUT2D eigenvalue weighted by Crippen LogP contribution is 2.63. The van der Waals surface area contributed by atoms with Gasteiger partial charge in [-0.1, -0.05) is 91.9 Å². The van der Waals surface area contributed by atoms with Gasteiger partial charge in [-0.25, -0.2) is 0 Å². The number of nitrogens with zero attached hydrogens (tertiary/aromatic N) is 2. The predicted octanol–water partition coefficient (Wildman–Crippen LogP) is 17.3. The fraction of sp³-hybridized carbons (Fsp3) is 1.00. The Morgan fingerprint density at radius 1 is 0.361 bits per heavy atom. The topological polar surface area (TPSA) is 43.4 Å². The maximum Gasteiger partial charge on any atom is 0.0628 e. The van der Waals surface area contributed by atoms with Crippen LogP contribution in [0.2, 0.25) is 0 Å². The van der Waals surface area contributed by atoms with Crippen LogP contribution in [0.25, 0.3) is 0 Å². The van der Waals surface area contributed by atoms with E-state index in [1.807, 2.05) is 0 Å². The van der Waals surface area contributed by atoms with Gasteiger partial charge in [0.25, 0.3) is 0 Å². The minimum absolute atomic E-state index is 0.136. The molecule has 8 aliphatic carbocycles. The molecule has 6 nitrogen and oxygen atoms in total. The highest BCUT2D eigenvalue weighted by Gasteiger charge is 2.63. The maximum atomic E-state index is 7.56. The number of ether oxygens (including phenoxy) is 4. The van der Waals surface area contributed by atoms with Crippen molar-refractivity contribution in [2.75, 3.05) is 13.2 Å². The van der Waals surface area contributed by atoms with Crippen molar-refractivity contribution in [2.24, 2.45) is 47.3 Å². The monoisotopic (exact) mass is 1000 g/mol. The third kappa shape index (κ3) is 15.5. The fourth-order valence-electron chi connectivity index (χ4n) is 18.2. The molecule has 418 valence electrons. The summed E-state index contributed by atoms with van der Waals surface area (Å²) in [7, 11) is 0. The molecule has 0 N–H and O–H groups in total. The fourth-order valence-corrected chi connectivity index (χ4v) is 18.2. The maximum absolute atomic E-state index is 7.56. The van der Waals surface area contributed by atoms with Gasteiger partial charge in [0.15, 0.2) is 0 Å². The van der Waals surface area contributed by atoms with Crippen LogP contribution in [0, 0.1) is 47.3 Å². The van der Waals surface area contributed by atoms with Gasteiger partial charge >= 0.3 is 0 Å². The predicted molar refractivity (Wildman–Crippen MR) is 303 cm³/mol. The van der Waals surface area contributed by atoms with Crippen LogP contribution in [0.1, 0.15) is 288 Å². The lowest BCUT2D eigenvalue weighted by atomic mass is 9.45. The Kier molecular flexibility index (Phi) is 22.2. The molecule has 0 bridgehead atoms. The van der Waals surface area contributed by atoms with E-state index in [0.29, 0.717) is 60.4 Å². The lowest BCUT2D eigenvalue weighted by Gasteiger charge is -2.67. The Bertz CT molecular complexity index is 1400. The molecular weight excluding hydrogens is 885 g/mol. The molecule has 0 saturated heterocycles. The molecule has 0 aliphatic heterocycles. The second-order valence-corrected chi connectivity index (χ2v) is 29.0. The summed E-state index contributed by atoms with van der Waals surface area (Å²) in [5.41, 5.74) is -0.273. The largest absolute Gasteiger partial charge is 0.378 e. The van der Waals surface area contributed by atoms with Gasteiger partial charge in [0, 0.05) is 49.5 Å². The van der Waals surface area contributed by atoms with Crippen molar-refractivity contribution in [1.29, 1.82) is 0 Å². The summed E-state index contributed by atoms with van der Waals surface area (Å²) >= 11 is 0. The van der Waals surface area contributed by atoms with Crippen molar-refractivity contribution in [1.82, 2.24) is 9.80 Å². The van der Waals surface area contributed by atoms with E-state index in [0.717, 1.165) is 60.8 Å². The van der Waals surface area contributed by atoms with Crippen LogP contribution in [0.4, 0.5) is 0 Å². The Morgan fingerprint density at radius 3 is 1.00 bits per heavy atom. The summed E-state index contributed by atoms with van der Waals surface area (Å²) in [6.07, 6.45) is 47.4. The smallest absolute Gasteiger partial charge is 0.0628 e. The zero-order valence-electron chi connectivity index (χ0n) is 49.4. The molecule has 8 fully saturated rings. The Hall–Kier alpha value is -0.240. The Balaban J connectivity index is 1.06. The summed E-state index contributed by atoms with van der Waals surface area (Å²) in [4.78, 5) is 6.65. The van der Waals surface area contributed by atoms with E-state index in [2.05, 4.69) is 79.0 Å². The molecule has 10 unspecified atom stereocenters. The van der Waals surface area contributed by atoms with Gasteiger partial charge in [-0.2, -0.15) is 0 Å². The summed E-state index contributed by atoms with van der Waals surface area (Å²) in [5.74, 6) is 6.12. The van der Waals surface area contributed by atoms with Gasteiger partial charge in [0.2, 0.25) is 0 Å². The van der Waals surface area contributed by atoms with Crippen molar-refractivity contribution < 1.29 is 18.9 Å². The summed E-state index contributed by atoms with van der Waals surface area (Å²) in [6, 6.07) is 4.10. The average molecular weight is 1010 g/mol. The quantitative estimate of drug-likeness (QED) is 0.0898. The number of rotatable bonds is 24. The zero-order valence-corrected chi connectivity index (χ0v) is 49.4. The molecule has 10 atom stereocenters. The van der Waals surface area contributed by atoms with Gasteiger partial charge in [0.1, 0.15) is 0 Å². The molecule has 0 spiro atoms. The molecule has 0 radical (unpaired) electrons. The van der Waals surface area contributed by atoms with E-state index < -0.39 is 0 Å². The van der Waals surface area contributed by atoms with Crippen molar-refractivity contribution in [3.05, 3.63) is 0 Å². The first kappa shape index (κ1) is 57.9. The minimum atomic E-state index is -0.136. The third-order valence-electron chi connectivity index (χ3n) is 21.4. The number of hydrogen-bond donors (Lipinski definition) is 0. The molecular formula is C66H120N2O4. The van der Waals surface area contributed by atoms with Crippen LogP contribution >= 0.6 is 0 Å². The first-order chi connectivity index (χ1) is 34.7. The van der Waals surface area contributed by atoms with Gasteiger partial charge in [-0.3, -0.25) is 9.80 Å². The van der Waals surface area contributed by atoms with Crippen LogP contribution < -0.4 is 0 Å². The van der Waals surface area contributed by atoms with Gasteiger partial charge in [0.05, 0.1) is 35.6 Å². The Morgan fingerprint density at radius 2 is 0.667 bits per heavy atom. The van der Waals surface area contributed by atoms with E-state index in [-0.39, 0.29) is 11.2 Å². The average Bonchev–Trinajstić information content (AvgIpc) is 3.35. The normalized spacial score (nSPS) is 39.8. The highest BCUT2D eigenvalue weighted by molar-refractivity contribution is 5.14. The van der Waals surface area contributed by atoms with E-state index in [4.69, 9.17) is 18.9 Å². The van der Waals surface area contributed by atoms with Crippen LogP contribution in [0.5, 0.6) is 0 Å².